The summed E-state index contributed by atoms with van der Waals surface area (Å²) in [5, 5.41) is 25.8. The molecule has 0 saturated carbocycles. The number of aromatic hydroxyl groups is 2. The minimum Gasteiger partial charge on any atom is -0.494 e. The number of carbonyl (C=O) groups is 3. The van der Waals surface area contributed by atoms with Crippen LogP contribution in [0.3, 0.4) is 0 Å². The van der Waals surface area contributed by atoms with E-state index in [0.717, 1.165) is 0 Å². The Labute approximate surface area is 213 Å². The molecule has 1 aromatic heterocycles. The zero-order valence-corrected chi connectivity index (χ0v) is 20.8. The number of amides is 2. The van der Waals surface area contributed by atoms with Crippen molar-refractivity contribution in [2.24, 2.45) is 5.92 Å². The number of ether oxygens (including phenoxy) is 1. The summed E-state index contributed by atoms with van der Waals surface area (Å²) in [5.41, 5.74) is 0.763. The minimum absolute atomic E-state index is 0.0872. The molecule has 0 saturated heterocycles. The molecular weight excluding hydrogens is 486 g/mol. The molecule has 1 unspecified atom stereocenters. The van der Waals surface area contributed by atoms with Crippen molar-refractivity contribution in [1.29, 1.82) is 0 Å². The number of rotatable bonds is 9. The zero-order chi connectivity index (χ0) is 26.4. The minimum atomic E-state index is -0.977. The van der Waals surface area contributed by atoms with Gasteiger partial charge in [0.2, 0.25) is 11.8 Å². The summed E-state index contributed by atoms with van der Waals surface area (Å²) in [6, 6.07) is 13.4. The number of hydrogen-bond donors (Lipinski definition) is 5. The van der Waals surface area contributed by atoms with Gasteiger partial charge < -0.3 is 25.6 Å². The third-order valence-electron chi connectivity index (χ3n) is 5.62. The lowest BCUT2D eigenvalue weighted by molar-refractivity contribution is -0.122. The van der Waals surface area contributed by atoms with Gasteiger partial charge in [0.1, 0.15) is 5.75 Å². The highest BCUT2D eigenvalue weighted by atomic mass is 35.5. The van der Waals surface area contributed by atoms with Crippen LogP contribution >= 0.6 is 11.6 Å². The Morgan fingerprint density at radius 3 is 2.17 bits per heavy atom. The van der Waals surface area contributed by atoms with E-state index in [4.69, 9.17) is 16.3 Å². The lowest BCUT2D eigenvalue weighted by Crippen LogP contribution is -2.46. The first-order chi connectivity index (χ1) is 17.1. The zero-order valence-electron chi connectivity index (χ0n) is 20.0. The molecule has 36 heavy (non-hydrogen) atoms. The van der Waals surface area contributed by atoms with E-state index < -0.39 is 35.7 Å². The first kappa shape index (κ1) is 26.6. The Bertz CT molecular complexity index is 1220. The Morgan fingerprint density at radius 2 is 1.61 bits per heavy atom. The van der Waals surface area contributed by atoms with Crippen LogP contribution in [0.1, 0.15) is 47.8 Å². The summed E-state index contributed by atoms with van der Waals surface area (Å²) in [6.07, 6.45) is -0.946. The maximum atomic E-state index is 13.1. The van der Waals surface area contributed by atoms with E-state index in [1.54, 1.807) is 68.4 Å². The van der Waals surface area contributed by atoms with Crippen molar-refractivity contribution in [3.05, 3.63) is 76.3 Å². The van der Waals surface area contributed by atoms with Crippen LogP contribution < -0.4 is 15.4 Å². The maximum Gasteiger partial charge on any atom is 0.413 e. The number of hydrogen-bond acceptors (Lipinski definition) is 6. The van der Waals surface area contributed by atoms with Crippen LogP contribution in [0.4, 0.5) is 4.79 Å². The van der Waals surface area contributed by atoms with Crippen molar-refractivity contribution in [2.75, 3.05) is 0 Å². The number of nitrogens with one attached hydrogen (secondary N) is 3. The molecule has 0 aliphatic heterocycles. The largest absolute Gasteiger partial charge is 0.494 e. The van der Waals surface area contributed by atoms with Crippen molar-refractivity contribution < 1.29 is 29.3 Å². The van der Waals surface area contributed by atoms with Crippen molar-refractivity contribution >= 4 is 29.4 Å². The van der Waals surface area contributed by atoms with Crippen molar-refractivity contribution in [3.8, 4) is 17.5 Å². The van der Waals surface area contributed by atoms with Gasteiger partial charge in [-0.1, -0.05) is 55.8 Å². The van der Waals surface area contributed by atoms with Gasteiger partial charge in [-0.15, -0.1) is 0 Å². The summed E-state index contributed by atoms with van der Waals surface area (Å²) in [5.74, 6) is -1.88. The molecule has 0 aliphatic carbocycles. The first-order valence-corrected chi connectivity index (χ1v) is 11.7. The molecule has 0 bridgehead atoms. The van der Waals surface area contributed by atoms with E-state index in [1.165, 1.54) is 6.92 Å². The van der Waals surface area contributed by atoms with Gasteiger partial charge in [0, 0.05) is 10.6 Å². The monoisotopic (exact) mass is 513 g/mol. The fourth-order valence-electron chi connectivity index (χ4n) is 3.69. The van der Waals surface area contributed by atoms with E-state index in [2.05, 4.69) is 15.6 Å². The number of H-pyrrole nitrogens is 1. The molecule has 5 N–H and O–H groups in total. The Morgan fingerprint density at radius 1 is 0.972 bits per heavy atom. The lowest BCUT2D eigenvalue weighted by atomic mass is 9.93. The third-order valence-corrected chi connectivity index (χ3v) is 5.88. The van der Waals surface area contributed by atoms with Gasteiger partial charge in [0.25, 0.3) is 0 Å². The summed E-state index contributed by atoms with van der Waals surface area (Å²) in [4.78, 5) is 41.0. The lowest BCUT2D eigenvalue weighted by Gasteiger charge is -2.24. The van der Waals surface area contributed by atoms with Crippen molar-refractivity contribution in [2.45, 2.75) is 39.3 Å². The van der Waals surface area contributed by atoms with Crippen LogP contribution in [0.5, 0.6) is 17.5 Å². The predicted octanol–water partition coefficient (Wildman–Crippen LogP) is 4.63. The second-order valence-electron chi connectivity index (χ2n) is 8.63. The van der Waals surface area contributed by atoms with Gasteiger partial charge >= 0.3 is 6.09 Å². The quantitative estimate of drug-likeness (QED) is 0.264. The fourth-order valence-corrected chi connectivity index (χ4v) is 3.82. The molecule has 2 atom stereocenters. The van der Waals surface area contributed by atoms with Gasteiger partial charge in [-0.3, -0.25) is 14.6 Å². The van der Waals surface area contributed by atoms with Crippen LogP contribution in [0.2, 0.25) is 5.02 Å². The van der Waals surface area contributed by atoms with E-state index in [9.17, 15) is 24.6 Å². The highest BCUT2D eigenvalue weighted by molar-refractivity contribution is 6.30. The molecule has 10 heteroatoms. The maximum absolute atomic E-state index is 13.1. The van der Waals surface area contributed by atoms with E-state index in [-0.39, 0.29) is 35.1 Å². The molecule has 1 heterocycles. The summed E-state index contributed by atoms with van der Waals surface area (Å²) < 4.78 is 5.30. The highest BCUT2D eigenvalue weighted by Crippen LogP contribution is 2.30. The average molecular weight is 514 g/mol. The number of Topliss-reactive ketones (excluding diaryl/α,β-unsaturated/α-hetero) is 1. The molecule has 2 aromatic carbocycles. The van der Waals surface area contributed by atoms with Crippen molar-refractivity contribution in [3.63, 3.8) is 0 Å². The second-order valence-corrected chi connectivity index (χ2v) is 9.07. The normalized spacial score (nSPS) is 12.6. The van der Waals surface area contributed by atoms with E-state index in [0.29, 0.717) is 10.6 Å². The number of ketones is 1. The molecule has 3 aromatic rings. The van der Waals surface area contributed by atoms with Gasteiger partial charge in [-0.2, -0.15) is 0 Å². The van der Waals surface area contributed by atoms with Gasteiger partial charge in [0.15, 0.2) is 11.7 Å². The van der Waals surface area contributed by atoms with Crippen LogP contribution in [0.15, 0.2) is 54.6 Å². The molecule has 3 rings (SSSR count). The molecule has 0 radical (unpaired) electrons. The molecular formula is C26H28ClN3O6. The second kappa shape index (κ2) is 11.6. The standard InChI is InChI=1S/C26H28ClN3O6/c1-14(2)22(23(32)21-15(3)24(33)30-25(21)34)29-20(31)13-19(16-7-5-4-6-8-16)28-26(35)36-18-11-9-17(27)10-12-18/h4-12,14,19,22,30,33-34H,13H2,1-3H3,(H,28,35)(H,29,31)/t19?,22-/m0/s1. The molecule has 9 nitrogen and oxygen atoms in total. The summed E-state index contributed by atoms with van der Waals surface area (Å²) >= 11 is 5.86. The number of halogens is 1. The van der Waals surface area contributed by atoms with Crippen LogP contribution in [0.25, 0.3) is 0 Å². The smallest absolute Gasteiger partial charge is 0.413 e. The topological polar surface area (TPSA) is 141 Å². The third kappa shape index (κ3) is 6.57. The van der Waals surface area contributed by atoms with Crippen LogP contribution in [0, 0.1) is 12.8 Å². The number of carbonyl (C=O) groups excluding carboxylic acids is 3. The first-order valence-electron chi connectivity index (χ1n) is 11.3. The number of benzene rings is 2. The number of aromatic nitrogens is 1. The van der Waals surface area contributed by atoms with Crippen LogP contribution in [-0.4, -0.2) is 39.0 Å². The molecule has 0 spiro atoms. The predicted molar refractivity (Wildman–Crippen MR) is 134 cm³/mol. The Kier molecular flexibility index (Phi) is 8.60. The highest BCUT2D eigenvalue weighted by Gasteiger charge is 2.31. The molecule has 2 amide bonds. The SMILES string of the molecule is Cc1c(O)[nH]c(O)c1C(=O)[C@@H](NC(=O)CC(NC(=O)Oc1ccc(Cl)cc1)c1ccccc1)C(C)C. The van der Waals surface area contributed by atoms with E-state index in [1.807, 2.05) is 0 Å². The Balaban J connectivity index is 1.75. The summed E-state index contributed by atoms with van der Waals surface area (Å²) in [6.45, 7) is 4.98. The molecule has 190 valence electrons. The molecule has 0 aliphatic rings. The number of aromatic amines is 1. The van der Waals surface area contributed by atoms with Gasteiger partial charge in [-0.25, -0.2) is 4.79 Å². The average Bonchev–Trinajstić information content (AvgIpc) is 3.09. The van der Waals surface area contributed by atoms with Crippen molar-refractivity contribution in [1.82, 2.24) is 15.6 Å². The van der Waals surface area contributed by atoms with Gasteiger partial charge in [0.05, 0.1) is 24.1 Å². The molecule has 0 fully saturated rings. The van der Waals surface area contributed by atoms with E-state index >= 15 is 0 Å². The van der Waals surface area contributed by atoms with Gasteiger partial charge in [-0.05, 0) is 42.7 Å². The fraction of sp³-hybridized carbons (Fsp3) is 0.269. The Hall–Kier alpha value is -3.98. The van der Waals surface area contributed by atoms with Crippen LogP contribution in [-0.2, 0) is 4.79 Å². The summed E-state index contributed by atoms with van der Waals surface area (Å²) in [7, 11) is 0.